The van der Waals surface area contributed by atoms with E-state index < -0.39 is 0 Å². The van der Waals surface area contributed by atoms with E-state index in [-0.39, 0.29) is 23.9 Å². The summed E-state index contributed by atoms with van der Waals surface area (Å²) in [6.45, 7) is 6.46. The number of nitrogens with one attached hydrogen (secondary N) is 1. The lowest BCUT2D eigenvalue weighted by molar-refractivity contribution is -0.140. The van der Waals surface area contributed by atoms with Crippen LogP contribution in [0.15, 0.2) is 24.3 Å². The number of morpholine rings is 1. The van der Waals surface area contributed by atoms with Crippen molar-refractivity contribution in [3.63, 3.8) is 0 Å². The molecule has 1 aliphatic heterocycles. The molecule has 0 bridgehead atoms. The number of carbonyl (C=O) groups excluding carboxylic acids is 1. The van der Waals surface area contributed by atoms with Crippen molar-refractivity contribution in [2.75, 3.05) is 19.7 Å². The van der Waals surface area contributed by atoms with Crippen LogP contribution in [0.1, 0.15) is 25.8 Å². The van der Waals surface area contributed by atoms with Gasteiger partial charge in [-0.3, -0.25) is 4.79 Å². The normalized spacial score (nSPS) is 22.0. The molecule has 5 heteroatoms. The van der Waals surface area contributed by atoms with E-state index in [2.05, 4.69) is 5.32 Å². The maximum Gasteiger partial charge on any atom is 0.242 e. The molecule has 2 rings (SSSR count). The largest absolute Gasteiger partial charge is 0.375 e. The van der Waals surface area contributed by atoms with Crippen molar-refractivity contribution in [3.8, 4) is 0 Å². The van der Waals surface area contributed by atoms with Gasteiger partial charge in [-0.05, 0) is 31.0 Å². The van der Waals surface area contributed by atoms with Gasteiger partial charge >= 0.3 is 0 Å². The summed E-state index contributed by atoms with van der Waals surface area (Å²) in [5.41, 5.74) is 0.933. The van der Waals surface area contributed by atoms with E-state index in [1.807, 2.05) is 18.7 Å². The van der Waals surface area contributed by atoms with Gasteiger partial charge in [-0.15, -0.1) is 0 Å². The number of carbonyl (C=O) groups is 1. The average Bonchev–Trinajstić information content (AvgIpc) is 2.49. The summed E-state index contributed by atoms with van der Waals surface area (Å²) < 4.78 is 18.5. The molecule has 0 radical (unpaired) electrons. The molecule has 1 saturated heterocycles. The third-order valence-electron chi connectivity index (χ3n) is 3.67. The Bertz CT molecular complexity index is 464. The molecule has 21 heavy (non-hydrogen) atoms. The number of benzene rings is 1. The highest BCUT2D eigenvalue weighted by atomic mass is 19.1. The van der Waals surface area contributed by atoms with Crippen molar-refractivity contribution >= 4 is 5.91 Å². The second-order valence-corrected chi connectivity index (χ2v) is 5.39. The fourth-order valence-electron chi connectivity index (χ4n) is 2.55. The molecular weight excluding hydrogens is 271 g/mol. The highest BCUT2D eigenvalue weighted by Gasteiger charge is 2.31. The third-order valence-corrected chi connectivity index (χ3v) is 3.67. The zero-order valence-electron chi connectivity index (χ0n) is 12.6. The predicted octanol–water partition coefficient (Wildman–Crippen LogP) is 1.94. The topological polar surface area (TPSA) is 41.6 Å². The summed E-state index contributed by atoms with van der Waals surface area (Å²) in [5.74, 6) is -0.212. The number of amides is 1. The van der Waals surface area contributed by atoms with Gasteiger partial charge in [0.2, 0.25) is 5.91 Å². The maximum absolute atomic E-state index is 13.0. The number of hydrogen-bond donors (Lipinski definition) is 1. The van der Waals surface area contributed by atoms with Gasteiger partial charge in [-0.2, -0.15) is 0 Å². The summed E-state index contributed by atoms with van der Waals surface area (Å²) in [6, 6.07) is 5.99. The van der Waals surface area contributed by atoms with Crippen LogP contribution < -0.4 is 5.32 Å². The van der Waals surface area contributed by atoms with Crippen LogP contribution in [0.3, 0.4) is 0 Å². The molecule has 0 aliphatic carbocycles. The number of nitrogens with zero attached hydrogens (tertiary/aromatic N) is 1. The van der Waals surface area contributed by atoms with Gasteiger partial charge < -0.3 is 15.0 Å². The number of halogens is 1. The number of hydrogen-bond acceptors (Lipinski definition) is 3. The van der Waals surface area contributed by atoms with Gasteiger partial charge in [0, 0.05) is 19.6 Å². The minimum atomic E-state index is -0.300. The summed E-state index contributed by atoms with van der Waals surface area (Å²) in [5, 5.41) is 3.23. The van der Waals surface area contributed by atoms with E-state index in [1.165, 1.54) is 12.1 Å². The molecular formula is C16H23FN2O2. The van der Waals surface area contributed by atoms with Gasteiger partial charge in [-0.1, -0.05) is 19.1 Å². The summed E-state index contributed by atoms with van der Waals surface area (Å²) >= 11 is 0. The van der Waals surface area contributed by atoms with Crippen molar-refractivity contribution in [2.24, 2.45) is 0 Å². The predicted molar refractivity (Wildman–Crippen MR) is 79.3 cm³/mol. The molecule has 1 N–H and O–H groups in total. The molecule has 4 nitrogen and oxygen atoms in total. The van der Waals surface area contributed by atoms with E-state index >= 15 is 0 Å². The zero-order chi connectivity index (χ0) is 15.2. The first-order chi connectivity index (χ1) is 10.1. The quantitative estimate of drug-likeness (QED) is 0.902. The van der Waals surface area contributed by atoms with E-state index in [9.17, 15) is 9.18 Å². The Balaban J connectivity index is 2.06. The lowest BCUT2D eigenvalue weighted by Crippen LogP contribution is -2.56. The highest BCUT2D eigenvalue weighted by molar-refractivity contribution is 5.82. The molecule has 1 heterocycles. The zero-order valence-corrected chi connectivity index (χ0v) is 12.6. The molecule has 0 spiro atoms. The van der Waals surface area contributed by atoms with E-state index in [0.29, 0.717) is 26.2 Å². The van der Waals surface area contributed by atoms with Gasteiger partial charge in [-0.25, -0.2) is 4.39 Å². The first-order valence-electron chi connectivity index (χ1n) is 7.50. The van der Waals surface area contributed by atoms with Crippen molar-refractivity contribution in [1.29, 1.82) is 0 Å². The molecule has 2 atom stereocenters. The monoisotopic (exact) mass is 294 g/mol. The van der Waals surface area contributed by atoms with Gasteiger partial charge in [0.05, 0.1) is 12.7 Å². The van der Waals surface area contributed by atoms with Crippen LogP contribution in [0.25, 0.3) is 0 Å². The first-order valence-corrected chi connectivity index (χ1v) is 7.50. The molecule has 1 aliphatic rings. The lowest BCUT2D eigenvalue weighted by Gasteiger charge is -2.34. The second-order valence-electron chi connectivity index (χ2n) is 5.39. The van der Waals surface area contributed by atoms with Crippen LogP contribution in [0.4, 0.5) is 4.39 Å². The fourth-order valence-corrected chi connectivity index (χ4v) is 2.55. The Hall–Kier alpha value is -1.46. The minimum absolute atomic E-state index is 0.0494. The molecule has 0 unspecified atom stereocenters. The molecule has 0 aromatic heterocycles. The number of rotatable bonds is 5. The van der Waals surface area contributed by atoms with E-state index in [4.69, 9.17) is 4.74 Å². The minimum Gasteiger partial charge on any atom is -0.375 e. The van der Waals surface area contributed by atoms with E-state index in [0.717, 1.165) is 12.0 Å². The summed E-state index contributed by atoms with van der Waals surface area (Å²) in [6.07, 6.45) is 0.758. The number of ether oxygens (including phenoxy) is 1. The van der Waals surface area contributed by atoms with Crippen molar-refractivity contribution in [3.05, 3.63) is 35.6 Å². The molecule has 1 aromatic rings. The Morgan fingerprint density at radius 2 is 2.14 bits per heavy atom. The van der Waals surface area contributed by atoms with Crippen molar-refractivity contribution in [1.82, 2.24) is 10.2 Å². The van der Waals surface area contributed by atoms with Crippen molar-refractivity contribution in [2.45, 2.75) is 39.0 Å². The maximum atomic E-state index is 13.0. The Kier molecular flexibility index (Phi) is 5.70. The van der Waals surface area contributed by atoms with Gasteiger partial charge in [0.1, 0.15) is 11.9 Å². The molecule has 0 saturated carbocycles. The molecule has 1 amide bonds. The Labute approximate surface area is 125 Å². The third kappa shape index (κ3) is 4.25. The van der Waals surface area contributed by atoms with Crippen LogP contribution in [-0.2, 0) is 16.1 Å². The fraction of sp³-hybridized carbons (Fsp3) is 0.562. The van der Waals surface area contributed by atoms with Crippen LogP contribution in [0.5, 0.6) is 0 Å². The summed E-state index contributed by atoms with van der Waals surface area (Å²) in [4.78, 5) is 14.5. The van der Waals surface area contributed by atoms with E-state index in [1.54, 1.807) is 12.1 Å². The SMILES string of the molecule is CCCN(Cc1ccc(F)cc1)C(=O)[C@H]1NCCO[C@@H]1C. The van der Waals surface area contributed by atoms with Gasteiger partial charge in [0.25, 0.3) is 0 Å². The summed E-state index contributed by atoms with van der Waals surface area (Å²) in [7, 11) is 0. The molecule has 116 valence electrons. The molecule has 1 fully saturated rings. The Morgan fingerprint density at radius 1 is 1.43 bits per heavy atom. The first kappa shape index (κ1) is 15.9. The van der Waals surface area contributed by atoms with Crippen LogP contribution in [-0.4, -0.2) is 42.6 Å². The van der Waals surface area contributed by atoms with Crippen LogP contribution >= 0.6 is 0 Å². The van der Waals surface area contributed by atoms with Crippen molar-refractivity contribution < 1.29 is 13.9 Å². The van der Waals surface area contributed by atoms with Crippen LogP contribution in [0, 0.1) is 5.82 Å². The standard InChI is InChI=1S/C16H23FN2O2/c1-3-9-19(11-13-4-6-14(17)7-5-13)16(20)15-12(2)21-10-8-18-15/h4-7,12,15,18H,3,8-11H2,1-2H3/t12-,15+/m1/s1. The van der Waals surface area contributed by atoms with Gasteiger partial charge in [0.15, 0.2) is 0 Å². The average molecular weight is 294 g/mol. The lowest BCUT2D eigenvalue weighted by atomic mass is 10.1. The smallest absolute Gasteiger partial charge is 0.242 e. The molecule has 1 aromatic carbocycles. The highest BCUT2D eigenvalue weighted by Crippen LogP contribution is 2.12. The Morgan fingerprint density at radius 3 is 2.76 bits per heavy atom. The second kappa shape index (κ2) is 7.52. The van der Waals surface area contributed by atoms with Crippen LogP contribution in [0.2, 0.25) is 0 Å².